The van der Waals surface area contributed by atoms with Crippen LogP contribution in [0, 0.1) is 5.82 Å². The summed E-state index contributed by atoms with van der Waals surface area (Å²) in [5, 5.41) is 0. The summed E-state index contributed by atoms with van der Waals surface area (Å²) in [4.78, 5) is 11.2. The molecule has 0 aromatic heterocycles. The van der Waals surface area contributed by atoms with Crippen molar-refractivity contribution in [2.75, 3.05) is 6.61 Å². The molecule has 1 heterocycles. The average molecular weight is 245 g/mol. The second-order valence-electron chi connectivity index (χ2n) is 2.80. The van der Waals surface area contributed by atoms with Gasteiger partial charge >= 0.3 is 5.97 Å². The number of rotatable bonds is 0. The molecule has 0 spiro atoms. The molecule has 0 radical (unpaired) electrons. The molecule has 0 saturated carbocycles. The molecular formula is C9H6BrFO2. The molecule has 0 fully saturated rings. The van der Waals surface area contributed by atoms with Gasteiger partial charge in [-0.25, -0.2) is 9.18 Å². The number of ether oxygens (including phenoxy) is 1. The van der Waals surface area contributed by atoms with Gasteiger partial charge in [-0.3, -0.25) is 0 Å². The smallest absolute Gasteiger partial charge is 0.338 e. The number of cyclic esters (lactones) is 1. The summed E-state index contributed by atoms with van der Waals surface area (Å²) < 4.78 is 18.6. The van der Waals surface area contributed by atoms with Crippen LogP contribution < -0.4 is 0 Å². The standard InChI is InChI=1S/C9H6BrFO2/c10-5-3-7-6(8(11)4-5)1-2-13-9(7)12/h3-4H,1-2H2. The van der Waals surface area contributed by atoms with Crippen molar-refractivity contribution in [3.63, 3.8) is 0 Å². The first-order valence-corrected chi connectivity index (χ1v) is 4.63. The van der Waals surface area contributed by atoms with E-state index in [1.807, 2.05) is 0 Å². The van der Waals surface area contributed by atoms with Crippen LogP contribution in [0.5, 0.6) is 0 Å². The minimum absolute atomic E-state index is 0.268. The van der Waals surface area contributed by atoms with E-state index < -0.39 is 5.97 Å². The maximum Gasteiger partial charge on any atom is 0.338 e. The topological polar surface area (TPSA) is 26.3 Å². The van der Waals surface area contributed by atoms with E-state index >= 15 is 0 Å². The zero-order valence-electron chi connectivity index (χ0n) is 6.64. The van der Waals surface area contributed by atoms with Gasteiger partial charge in [-0.05, 0) is 12.1 Å². The van der Waals surface area contributed by atoms with Crippen molar-refractivity contribution in [2.45, 2.75) is 6.42 Å². The lowest BCUT2D eigenvalue weighted by Gasteiger charge is -2.16. The van der Waals surface area contributed by atoms with E-state index in [0.717, 1.165) is 0 Å². The molecular weight excluding hydrogens is 239 g/mol. The molecule has 0 atom stereocenters. The fourth-order valence-electron chi connectivity index (χ4n) is 1.36. The first-order valence-electron chi connectivity index (χ1n) is 3.83. The van der Waals surface area contributed by atoms with Gasteiger partial charge in [0.15, 0.2) is 0 Å². The summed E-state index contributed by atoms with van der Waals surface area (Å²) in [6.07, 6.45) is 0.459. The monoisotopic (exact) mass is 244 g/mol. The Labute approximate surface area is 82.8 Å². The van der Waals surface area contributed by atoms with Crippen LogP contribution in [0.3, 0.4) is 0 Å². The maximum absolute atomic E-state index is 13.3. The average Bonchev–Trinajstić information content (AvgIpc) is 2.07. The van der Waals surface area contributed by atoms with Crippen LogP contribution in [0.25, 0.3) is 0 Å². The van der Waals surface area contributed by atoms with Crippen molar-refractivity contribution in [2.24, 2.45) is 0 Å². The van der Waals surface area contributed by atoms with Crippen molar-refractivity contribution in [1.82, 2.24) is 0 Å². The molecule has 0 N–H and O–H groups in total. The fourth-order valence-corrected chi connectivity index (χ4v) is 1.79. The quantitative estimate of drug-likeness (QED) is 0.655. The van der Waals surface area contributed by atoms with E-state index in [4.69, 9.17) is 4.74 Å². The Hall–Kier alpha value is -0.900. The number of esters is 1. The third-order valence-electron chi connectivity index (χ3n) is 1.97. The normalized spacial score (nSPS) is 15.1. The molecule has 13 heavy (non-hydrogen) atoms. The molecule has 1 aromatic carbocycles. The highest BCUT2D eigenvalue weighted by Gasteiger charge is 2.21. The molecule has 0 unspecified atom stereocenters. The largest absolute Gasteiger partial charge is 0.462 e. The lowest BCUT2D eigenvalue weighted by molar-refractivity contribution is 0.0477. The molecule has 0 amide bonds. The van der Waals surface area contributed by atoms with Gasteiger partial charge in [-0.1, -0.05) is 15.9 Å². The molecule has 0 saturated heterocycles. The number of halogens is 2. The Bertz CT molecular complexity index is 376. The van der Waals surface area contributed by atoms with Gasteiger partial charge in [0.25, 0.3) is 0 Å². The van der Waals surface area contributed by atoms with E-state index in [1.165, 1.54) is 6.07 Å². The highest BCUT2D eigenvalue weighted by Crippen LogP contribution is 2.24. The van der Waals surface area contributed by atoms with Gasteiger partial charge in [0.2, 0.25) is 0 Å². The Morgan fingerprint density at radius 3 is 3.00 bits per heavy atom. The lowest BCUT2D eigenvalue weighted by Crippen LogP contribution is -2.18. The predicted octanol–water partition coefficient (Wildman–Crippen LogP) is 2.30. The van der Waals surface area contributed by atoms with Crippen molar-refractivity contribution in [1.29, 1.82) is 0 Å². The molecule has 2 rings (SSSR count). The maximum atomic E-state index is 13.3. The van der Waals surface area contributed by atoms with Crippen LogP contribution in [-0.4, -0.2) is 12.6 Å². The van der Waals surface area contributed by atoms with Crippen LogP contribution in [0.4, 0.5) is 4.39 Å². The van der Waals surface area contributed by atoms with Crippen molar-refractivity contribution >= 4 is 21.9 Å². The molecule has 2 nitrogen and oxygen atoms in total. The fraction of sp³-hybridized carbons (Fsp3) is 0.222. The van der Waals surface area contributed by atoms with Crippen LogP contribution in [0.15, 0.2) is 16.6 Å². The van der Waals surface area contributed by atoms with Gasteiger partial charge in [0, 0.05) is 16.5 Å². The summed E-state index contributed by atoms with van der Waals surface area (Å²) in [6.45, 7) is 0.268. The number of benzene rings is 1. The SMILES string of the molecule is O=C1OCCc2c(F)cc(Br)cc21. The van der Waals surface area contributed by atoms with Crippen LogP contribution in [0.1, 0.15) is 15.9 Å². The van der Waals surface area contributed by atoms with Crippen LogP contribution >= 0.6 is 15.9 Å². The van der Waals surface area contributed by atoms with Crippen molar-refractivity contribution in [3.05, 3.63) is 33.5 Å². The second kappa shape index (κ2) is 3.10. The first kappa shape index (κ1) is 8.69. The Morgan fingerprint density at radius 1 is 1.46 bits per heavy atom. The molecule has 4 heteroatoms. The summed E-state index contributed by atoms with van der Waals surface area (Å²) >= 11 is 3.12. The summed E-state index contributed by atoms with van der Waals surface area (Å²) in [5.74, 6) is -0.789. The number of hydrogen-bond donors (Lipinski definition) is 0. The predicted molar refractivity (Wildman–Crippen MR) is 48.1 cm³/mol. The minimum atomic E-state index is -0.443. The molecule has 0 aliphatic carbocycles. The second-order valence-corrected chi connectivity index (χ2v) is 3.72. The number of carbonyl (C=O) groups is 1. The highest BCUT2D eigenvalue weighted by molar-refractivity contribution is 9.10. The molecule has 1 aromatic rings. The van der Waals surface area contributed by atoms with Gasteiger partial charge in [0.05, 0.1) is 12.2 Å². The highest BCUT2D eigenvalue weighted by atomic mass is 79.9. The Balaban J connectivity index is 2.63. The van der Waals surface area contributed by atoms with Gasteiger partial charge in [-0.15, -0.1) is 0 Å². The number of carbonyl (C=O) groups excluding carboxylic acids is 1. The summed E-state index contributed by atoms with van der Waals surface area (Å²) in [6, 6.07) is 2.94. The van der Waals surface area contributed by atoms with E-state index in [0.29, 0.717) is 22.0 Å². The molecule has 68 valence electrons. The van der Waals surface area contributed by atoms with Crippen LogP contribution in [-0.2, 0) is 11.2 Å². The van der Waals surface area contributed by atoms with E-state index in [1.54, 1.807) is 6.07 Å². The first-order chi connectivity index (χ1) is 6.18. The third-order valence-corrected chi connectivity index (χ3v) is 2.42. The zero-order valence-corrected chi connectivity index (χ0v) is 8.23. The lowest BCUT2D eigenvalue weighted by atomic mass is 10.0. The third kappa shape index (κ3) is 1.46. The Morgan fingerprint density at radius 2 is 2.23 bits per heavy atom. The van der Waals surface area contributed by atoms with E-state index in [-0.39, 0.29) is 12.4 Å². The van der Waals surface area contributed by atoms with Crippen LogP contribution in [0.2, 0.25) is 0 Å². The molecule has 1 aliphatic rings. The minimum Gasteiger partial charge on any atom is -0.462 e. The van der Waals surface area contributed by atoms with E-state index in [9.17, 15) is 9.18 Å². The van der Waals surface area contributed by atoms with Gasteiger partial charge in [-0.2, -0.15) is 0 Å². The summed E-state index contributed by atoms with van der Waals surface area (Å²) in [5.41, 5.74) is 0.789. The van der Waals surface area contributed by atoms with Crippen molar-refractivity contribution in [3.8, 4) is 0 Å². The molecule has 0 bridgehead atoms. The van der Waals surface area contributed by atoms with Gasteiger partial charge < -0.3 is 4.74 Å². The van der Waals surface area contributed by atoms with Gasteiger partial charge in [0.1, 0.15) is 5.82 Å². The number of fused-ring (bicyclic) bond motifs is 1. The van der Waals surface area contributed by atoms with Crippen molar-refractivity contribution < 1.29 is 13.9 Å². The Kier molecular flexibility index (Phi) is 2.07. The molecule has 1 aliphatic heterocycles. The van der Waals surface area contributed by atoms with E-state index in [2.05, 4.69) is 15.9 Å². The zero-order chi connectivity index (χ0) is 9.42. The number of hydrogen-bond acceptors (Lipinski definition) is 2. The summed E-state index contributed by atoms with van der Waals surface area (Å²) in [7, 11) is 0.